The van der Waals surface area contributed by atoms with E-state index in [1.807, 2.05) is 61.8 Å². The van der Waals surface area contributed by atoms with Gasteiger partial charge in [-0.25, -0.2) is 24.7 Å². The fourth-order valence-electron chi connectivity index (χ4n) is 4.63. The van der Waals surface area contributed by atoms with E-state index in [2.05, 4.69) is 25.5 Å². The summed E-state index contributed by atoms with van der Waals surface area (Å²) in [5, 5.41) is 6.78. The summed E-state index contributed by atoms with van der Waals surface area (Å²) in [6.45, 7) is 7.68. The van der Waals surface area contributed by atoms with Crippen molar-refractivity contribution < 1.29 is 9.53 Å². The van der Waals surface area contributed by atoms with E-state index >= 15 is 0 Å². The van der Waals surface area contributed by atoms with E-state index in [4.69, 9.17) is 26.3 Å². The van der Waals surface area contributed by atoms with E-state index in [1.165, 1.54) is 6.42 Å². The Morgan fingerprint density at radius 3 is 2.69 bits per heavy atom. The second-order valence-electron chi connectivity index (χ2n) is 10.5. The average Bonchev–Trinajstić information content (AvgIpc) is 3.35. The molecule has 0 saturated carbocycles. The summed E-state index contributed by atoms with van der Waals surface area (Å²) in [6, 6.07) is 8.94. The molecule has 1 amide bonds. The van der Waals surface area contributed by atoms with Crippen LogP contribution in [-0.2, 0) is 4.74 Å². The predicted molar refractivity (Wildman–Crippen MR) is 152 cm³/mol. The molecular weight excluding hydrogens is 516 g/mol. The summed E-state index contributed by atoms with van der Waals surface area (Å²) in [5.74, 6) is 1.30. The second-order valence-corrected chi connectivity index (χ2v) is 11.0. The van der Waals surface area contributed by atoms with E-state index in [-0.39, 0.29) is 12.6 Å². The molecule has 39 heavy (non-hydrogen) atoms. The van der Waals surface area contributed by atoms with Gasteiger partial charge >= 0.3 is 6.09 Å². The third kappa shape index (κ3) is 6.57. The van der Waals surface area contributed by atoms with E-state index in [0.717, 1.165) is 48.7 Å². The molecule has 11 heteroatoms. The number of hydrogen-bond acceptors (Lipinski definition) is 8. The SMILES string of the molecule is CC(C)(C)OC(=O)NCC(Nc1nccc(-c2cnc3c(N4CCCCC4)nccn23)n1)c1cccc(Cl)c1. The van der Waals surface area contributed by atoms with Crippen LogP contribution in [0.15, 0.2) is 55.1 Å². The number of alkyl carbamates (subject to hydrolysis) is 1. The lowest BCUT2D eigenvalue weighted by atomic mass is 10.1. The highest BCUT2D eigenvalue weighted by molar-refractivity contribution is 6.30. The predicted octanol–water partition coefficient (Wildman–Crippen LogP) is 5.51. The van der Waals surface area contributed by atoms with Gasteiger partial charge in [-0.3, -0.25) is 4.40 Å². The van der Waals surface area contributed by atoms with Gasteiger partial charge in [0.2, 0.25) is 5.95 Å². The van der Waals surface area contributed by atoms with Gasteiger partial charge in [-0.15, -0.1) is 0 Å². The lowest BCUT2D eigenvalue weighted by Gasteiger charge is -2.27. The highest BCUT2D eigenvalue weighted by Gasteiger charge is 2.21. The summed E-state index contributed by atoms with van der Waals surface area (Å²) < 4.78 is 7.42. The average molecular weight is 549 g/mol. The number of imidazole rings is 1. The van der Waals surface area contributed by atoms with E-state index in [0.29, 0.717) is 16.7 Å². The lowest BCUT2D eigenvalue weighted by Crippen LogP contribution is -2.36. The van der Waals surface area contributed by atoms with Crippen LogP contribution in [-0.4, -0.2) is 55.7 Å². The van der Waals surface area contributed by atoms with Crippen molar-refractivity contribution >= 4 is 35.1 Å². The molecule has 1 aliphatic heterocycles. The molecule has 3 aromatic heterocycles. The fourth-order valence-corrected chi connectivity index (χ4v) is 4.82. The molecular formula is C28H33ClN8O2. The number of fused-ring (bicyclic) bond motifs is 1. The summed E-state index contributed by atoms with van der Waals surface area (Å²) in [5.41, 5.74) is 2.63. The molecule has 1 aliphatic rings. The van der Waals surface area contributed by atoms with Gasteiger partial charge < -0.3 is 20.3 Å². The number of amides is 1. The molecule has 1 fully saturated rings. The molecule has 0 radical (unpaired) electrons. The summed E-state index contributed by atoms with van der Waals surface area (Å²) in [7, 11) is 0. The number of ether oxygens (including phenoxy) is 1. The summed E-state index contributed by atoms with van der Waals surface area (Å²) >= 11 is 6.27. The van der Waals surface area contributed by atoms with Crippen molar-refractivity contribution in [1.82, 2.24) is 29.7 Å². The lowest BCUT2D eigenvalue weighted by molar-refractivity contribution is 0.0525. The van der Waals surface area contributed by atoms with Crippen LogP contribution < -0.4 is 15.5 Å². The van der Waals surface area contributed by atoms with Gasteiger partial charge in [0.05, 0.1) is 23.6 Å². The van der Waals surface area contributed by atoms with Gasteiger partial charge in [-0.05, 0) is 63.8 Å². The van der Waals surface area contributed by atoms with Crippen LogP contribution in [0, 0.1) is 0 Å². The van der Waals surface area contributed by atoms with Gasteiger partial charge in [-0.2, -0.15) is 0 Å². The van der Waals surface area contributed by atoms with Crippen molar-refractivity contribution in [2.24, 2.45) is 0 Å². The monoisotopic (exact) mass is 548 g/mol. The molecule has 1 saturated heterocycles. The second kappa shape index (κ2) is 11.4. The maximum absolute atomic E-state index is 12.4. The molecule has 5 rings (SSSR count). The number of halogens is 1. The first kappa shape index (κ1) is 26.7. The third-order valence-electron chi connectivity index (χ3n) is 6.39. The molecule has 4 heterocycles. The van der Waals surface area contributed by atoms with E-state index in [1.54, 1.807) is 18.5 Å². The van der Waals surface area contributed by atoms with Crippen molar-refractivity contribution in [3.8, 4) is 11.4 Å². The largest absolute Gasteiger partial charge is 0.444 e. The molecule has 2 N–H and O–H groups in total. The minimum Gasteiger partial charge on any atom is -0.444 e. The van der Waals surface area contributed by atoms with Gasteiger partial charge in [-0.1, -0.05) is 23.7 Å². The van der Waals surface area contributed by atoms with Gasteiger partial charge in [0.15, 0.2) is 11.5 Å². The van der Waals surface area contributed by atoms with Crippen molar-refractivity contribution in [1.29, 1.82) is 0 Å². The van der Waals surface area contributed by atoms with Gasteiger partial charge in [0.1, 0.15) is 5.60 Å². The first-order chi connectivity index (χ1) is 18.8. The zero-order chi connectivity index (χ0) is 27.4. The Kier molecular flexibility index (Phi) is 7.83. The van der Waals surface area contributed by atoms with Crippen LogP contribution in [0.5, 0.6) is 0 Å². The van der Waals surface area contributed by atoms with Crippen LogP contribution in [0.25, 0.3) is 17.0 Å². The highest BCUT2D eigenvalue weighted by atomic mass is 35.5. The minimum atomic E-state index is -0.599. The van der Waals surface area contributed by atoms with Crippen LogP contribution >= 0.6 is 11.6 Å². The number of piperidine rings is 1. The number of anilines is 2. The maximum atomic E-state index is 12.4. The number of carbonyl (C=O) groups excluding carboxylic acids is 1. The van der Waals surface area contributed by atoms with Gasteiger partial charge in [0.25, 0.3) is 0 Å². The number of benzene rings is 1. The smallest absolute Gasteiger partial charge is 0.407 e. The van der Waals surface area contributed by atoms with Crippen molar-refractivity contribution in [3.63, 3.8) is 0 Å². The standard InChI is InChI=1S/C28H33ClN8O2/c1-28(2,3)39-27(38)33-17-22(19-8-7-9-20(29)16-19)35-26-31-11-10-21(34-26)23-18-32-25-24(30-12-15-37(23)25)36-13-5-4-6-14-36/h7-12,15-16,18,22H,4-6,13-14,17H2,1-3H3,(H,33,38)(H,31,34,35). The number of aromatic nitrogens is 5. The summed E-state index contributed by atoms with van der Waals surface area (Å²) in [6.07, 6.45) is 10.3. The molecule has 204 valence electrons. The van der Waals surface area contributed by atoms with Crippen molar-refractivity contribution in [2.45, 2.75) is 51.7 Å². The molecule has 0 aliphatic carbocycles. The fraction of sp³-hybridized carbons (Fsp3) is 0.393. The zero-order valence-electron chi connectivity index (χ0n) is 22.4. The molecule has 0 bridgehead atoms. The molecule has 4 aromatic rings. The van der Waals surface area contributed by atoms with E-state index in [9.17, 15) is 4.79 Å². The number of hydrogen-bond donors (Lipinski definition) is 2. The molecule has 1 unspecified atom stereocenters. The first-order valence-electron chi connectivity index (χ1n) is 13.2. The topological polar surface area (TPSA) is 110 Å². The Bertz CT molecular complexity index is 1450. The van der Waals surface area contributed by atoms with Gasteiger partial charge in [0, 0.05) is 43.2 Å². The van der Waals surface area contributed by atoms with Crippen molar-refractivity contribution in [2.75, 3.05) is 29.9 Å². The summed E-state index contributed by atoms with van der Waals surface area (Å²) in [4.78, 5) is 33.2. The normalized spacial score (nSPS) is 14.7. The molecule has 1 aromatic carbocycles. The van der Waals surface area contributed by atoms with Crippen LogP contribution in [0.4, 0.5) is 16.6 Å². The Morgan fingerprint density at radius 2 is 1.92 bits per heavy atom. The first-order valence-corrected chi connectivity index (χ1v) is 13.5. The molecule has 1 atom stereocenters. The Morgan fingerprint density at radius 1 is 1.10 bits per heavy atom. The maximum Gasteiger partial charge on any atom is 0.407 e. The van der Waals surface area contributed by atoms with Crippen LogP contribution in [0.1, 0.15) is 51.6 Å². The molecule has 10 nitrogen and oxygen atoms in total. The third-order valence-corrected chi connectivity index (χ3v) is 6.62. The molecule has 0 spiro atoms. The number of carbonyl (C=O) groups is 1. The Balaban J connectivity index is 1.40. The minimum absolute atomic E-state index is 0.239. The van der Waals surface area contributed by atoms with Crippen LogP contribution in [0.3, 0.4) is 0 Å². The Hall–Kier alpha value is -3.92. The van der Waals surface area contributed by atoms with E-state index < -0.39 is 11.7 Å². The number of nitrogens with zero attached hydrogens (tertiary/aromatic N) is 6. The Labute approximate surface area is 232 Å². The number of nitrogens with one attached hydrogen (secondary N) is 2. The highest BCUT2D eigenvalue weighted by Crippen LogP contribution is 2.27. The number of rotatable bonds is 7. The van der Waals surface area contributed by atoms with Crippen LogP contribution in [0.2, 0.25) is 5.02 Å². The zero-order valence-corrected chi connectivity index (χ0v) is 23.1. The quantitative estimate of drug-likeness (QED) is 0.311. The van der Waals surface area contributed by atoms with Crippen molar-refractivity contribution in [3.05, 3.63) is 65.7 Å².